The summed E-state index contributed by atoms with van der Waals surface area (Å²) >= 11 is 0.880. The van der Waals surface area contributed by atoms with Gasteiger partial charge in [0.15, 0.2) is 0 Å². The summed E-state index contributed by atoms with van der Waals surface area (Å²) in [5, 5.41) is 5.35. The Morgan fingerprint density at radius 1 is 1.17 bits per heavy atom. The monoisotopic (exact) mass is 427 g/mol. The first-order chi connectivity index (χ1) is 14.5. The Morgan fingerprint density at radius 2 is 1.87 bits per heavy atom. The lowest BCUT2D eigenvalue weighted by Crippen LogP contribution is -2.40. The number of benzene rings is 2. The van der Waals surface area contributed by atoms with E-state index in [-0.39, 0.29) is 24.0 Å². The Morgan fingerprint density at radius 3 is 2.47 bits per heavy atom. The summed E-state index contributed by atoms with van der Waals surface area (Å²) in [7, 11) is 1.57. The number of amides is 3. The van der Waals surface area contributed by atoms with Crippen LogP contribution in [0.25, 0.3) is 0 Å². The van der Waals surface area contributed by atoms with E-state index in [0.29, 0.717) is 23.4 Å². The molecule has 0 bridgehead atoms. The van der Waals surface area contributed by atoms with E-state index in [1.54, 1.807) is 31.4 Å². The molecule has 2 aromatic carbocycles. The molecule has 2 aliphatic rings. The molecule has 3 amide bonds. The fourth-order valence-corrected chi connectivity index (χ4v) is 4.11. The summed E-state index contributed by atoms with van der Waals surface area (Å²) in [5.74, 6) is -0.489. The highest BCUT2D eigenvalue weighted by atomic mass is 32.2. The summed E-state index contributed by atoms with van der Waals surface area (Å²) in [5.41, 5.74) is 2.16. The van der Waals surface area contributed by atoms with Gasteiger partial charge in [-0.25, -0.2) is 9.40 Å². The largest absolute Gasteiger partial charge is 0.497 e. The second-order valence-electron chi connectivity index (χ2n) is 6.82. The van der Waals surface area contributed by atoms with E-state index in [1.807, 2.05) is 12.1 Å². The van der Waals surface area contributed by atoms with Crippen LogP contribution in [-0.4, -0.2) is 52.1 Å². The second-order valence-corrected chi connectivity index (χ2v) is 7.75. The Bertz CT molecular complexity index is 1010. The van der Waals surface area contributed by atoms with Crippen LogP contribution in [0.15, 0.2) is 53.6 Å². The van der Waals surface area contributed by atoms with Gasteiger partial charge in [-0.3, -0.25) is 19.3 Å². The molecule has 7 nitrogen and oxygen atoms in total. The van der Waals surface area contributed by atoms with Crippen LogP contribution in [0.4, 0.5) is 9.18 Å². The number of hydrazone groups is 1. The number of carbonyl (C=O) groups is 3. The van der Waals surface area contributed by atoms with Crippen molar-refractivity contribution < 1.29 is 23.5 Å². The van der Waals surface area contributed by atoms with Crippen LogP contribution in [0, 0.1) is 5.82 Å². The summed E-state index contributed by atoms with van der Waals surface area (Å²) in [6.45, 7) is -0.364. The van der Waals surface area contributed by atoms with Crippen molar-refractivity contribution in [3.8, 4) is 5.75 Å². The van der Waals surface area contributed by atoms with E-state index in [1.165, 1.54) is 17.1 Å². The van der Waals surface area contributed by atoms with Crippen molar-refractivity contribution in [3.05, 3.63) is 65.5 Å². The van der Waals surface area contributed by atoms with E-state index in [4.69, 9.17) is 4.74 Å². The zero-order valence-corrected chi connectivity index (χ0v) is 16.9. The highest BCUT2D eigenvalue weighted by Crippen LogP contribution is 2.34. The lowest BCUT2D eigenvalue weighted by atomic mass is 9.98. The summed E-state index contributed by atoms with van der Waals surface area (Å²) < 4.78 is 18.5. The van der Waals surface area contributed by atoms with Crippen LogP contribution in [0.1, 0.15) is 23.6 Å². The molecule has 0 spiro atoms. The normalized spacial score (nSPS) is 18.7. The molecule has 9 heteroatoms. The van der Waals surface area contributed by atoms with Crippen molar-refractivity contribution in [2.24, 2.45) is 5.10 Å². The number of hydrogen-bond donors (Lipinski definition) is 0. The molecule has 2 aliphatic heterocycles. The first-order valence-electron chi connectivity index (χ1n) is 9.23. The number of halogens is 1. The van der Waals surface area contributed by atoms with Crippen LogP contribution in [0.3, 0.4) is 0 Å². The van der Waals surface area contributed by atoms with Crippen molar-refractivity contribution in [1.29, 1.82) is 0 Å². The third-order valence-corrected chi connectivity index (χ3v) is 5.84. The summed E-state index contributed by atoms with van der Waals surface area (Å²) in [6, 6.07) is 12.7. The molecule has 1 fully saturated rings. The lowest BCUT2D eigenvalue weighted by molar-refractivity contribution is -0.137. The second kappa shape index (κ2) is 8.27. The first kappa shape index (κ1) is 20.1. The van der Waals surface area contributed by atoms with Crippen molar-refractivity contribution in [3.63, 3.8) is 0 Å². The topological polar surface area (TPSA) is 79.3 Å². The highest BCUT2D eigenvalue weighted by Gasteiger charge is 2.37. The standard InChI is InChI=1S/C21H18FN3O4S/c1-29-16-8-4-14(5-9-16)18-10-17(13-2-6-15(22)7-3-13)23-25(18)19(26)11-24-20(27)12-30-21(24)28/h2-9,18H,10-12H2,1H3. The van der Waals surface area contributed by atoms with Gasteiger partial charge in [-0.1, -0.05) is 36.0 Å². The Hall–Kier alpha value is -3.20. The molecule has 1 unspecified atom stereocenters. The third kappa shape index (κ3) is 3.93. The minimum Gasteiger partial charge on any atom is -0.497 e. The molecule has 154 valence electrons. The lowest BCUT2D eigenvalue weighted by Gasteiger charge is -2.24. The van der Waals surface area contributed by atoms with E-state index in [2.05, 4.69) is 5.10 Å². The van der Waals surface area contributed by atoms with Crippen LogP contribution in [-0.2, 0) is 9.59 Å². The van der Waals surface area contributed by atoms with Crippen molar-refractivity contribution in [2.75, 3.05) is 19.4 Å². The number of nitrogens with zero attached hydrogens (tertiary/aromatic N) is 3. The molecule has 0 saturated carbocycles. The van der Waals surface area contributed by atoms with Gasteiger partial charge in [0.1, 0.15) is 18.1 Å². The maximum absolute atomic E-state index is 13.3. The molecule has 1 saturated heterocycles. The van der Waals surface area contributed by atoms with Crippen molar-refractivity contribution in [2.45, 2.75) is 12.5 Å². The summed E-state index contributed by atoms with van der Waals surface area (Å²) in [4.78, 5) is 37.7. The predicted molar refractivity (Wildman–Crippen MR) is 110 cm³/mol. The number of thioether (sulfide) groups is 1. The maximum Gasteiger partial charge on any atom is 0.289 e. The molecule has 30 heavy (non-hydrogen) atoms. The minimum atomic E-state index is -0.461. The molecule has 0 aliphatic carbocycles. The average Bonchev–Trinajstić information content (AvgIpc) is 3.34. The molecule has 0 N–H and O–H groups in total. The Labute approximate surface area is 176 Å². The number of rotatable bonds is 5. The third-order valence-electron chi connectivity index (χ3n) is 4.98. The van der Waals surface area contributed by atoms with Crippen molar-refractivity contribution in [1.82, 2.24) is 9.91 Å². The number of ether oxygens (including phenoxy) is 1. The number of imide groups is 1. The SMILES string of the molecule is COc1ccc(C2CC(c3ccc(F)cc3)=NN2C(=O)CN2C(=O)CSC2=O)cc1. The van der Waals surface area contributed by atoms with E-state index in [0.717, 1.165) is 22.2 Å². The first-order valence-corrected chi connectivity index (χ1v) is 10.2. The van der Waals surface area contributed by atoms with Crippen LogP contribution in [0.5, 0.6) is 5.75 Å². The van der Waals surface area contributed by atoms with Gasteiger partial charge in [0.2, 0.25) is 5.91 Å². The van der Waals surface area contributed by atoms with Crippen LogP contribution < -0.4 is 4.74 Å². The van der Waals surface area contributed by atoms with Crippen LogP contribution >= 0.6 is 11.8 Å². The zero-order chi connectivity index (χ0) is 21.3. The number of methoxy groups -OCH3 is 1. The van der Waals surface area contributed by atoms with E-state index < -0.39 is 17.2 Å². The Kier molecular flexibility index (Phi) is 5.54. The molecule has 2 aromatic rings. The van der Waals surface area contributed by atoms with E-state index >= 15 is 0 Å². The highest BCUT2D eigenvalue weighted by molar-refractivity contribution is 8.14. The quantitative estimate of drug-likeness (QED) is 0.732. The fraction of sp³-hybridized carbons (Fsp3) is 0.238. The fourth-order valence-electron chi connectivity index (χ4n) is 3.38. The average molecular weight is 427 g/mol. The van der Waals surface area contributed by atoms with Gasteiger partial charge in [0.05, 0.1) is 24.6 Å². The minimum absolute atomic E-state index is 0.0398. The number of hydrogen-bond acceptors (Lipinski definition) is 6. The smallest absolute Gasteiger partial charge is 0.289 e. The van der Waals surface area contributed by atoms with E-state index in [9.17, 15) is 18.8 Å². The van der Waals surface area contributed by atoms with Crippen molar-refractivity contribution >= 4 is 34.5 Å². The van der Waals surface area contributed by atoms with Gasteiger partial charge in [-0.15, -0.1) is 0 Å². The van der Waals surface area contributed by atoms with Crippen LogP contribution in [0.2, 0.25) is 0 Å². The van der Waals surface area contributed by atoms with Gasteiger partial charge in [-0.05, 0) is 35.4 Å². The molecular weight excluding hydrogens is 409 g/mol. The molecule has 4 rings (SSSR count). The van der Waals surface area contributed by atoms with Gasteiger partial charge < -0.3 is 4.74 Å². The van der Waals surface area contributed by atoms with Gasteiger partial charge in [-0.2, -0.15) is 5.10 Å². The number of carbonyl (C=O) groups excluding carboxylic acids is 3. The molecule has 2 heterocycles. The molecular formula is C21H18FN3O4S. The molecule has 1 atom stereocenters. The summed E-state index contributed by atoms with van der Waals surface area (Å²) in [6.07, 6.45) is 0.417. The van der Waals surface area contributed by atoms with Gasteiger partial charge in [0, 0.05) is 6.42 Å². The molecule has 0 radical (unpaired) electrons. The zero-order valence-electron chi connectivity index (χ0n) is 16.1. The van der Waals surface area contributed by atoms with Gasteiger partial charge >= 0.3 is 0 Å². The maximum atomic E-state index is 13.3. The van der Waals surface area contributed by atoms with Gasteiger partial charge in [0.25, 0.3) is 11.1 Å². The Balaban J connectivity index is 1.63. The predicted octanol–water partition coefficient (Wildman–Crippen LogP) is 3.21. The molecule has 0 aromatic heterocycles.